The van der Waals surface area contributed by atoms with Gasteiger partial charge in [0, 0.05) is 18.6 Å². The van der Waals surface area contributed by atoms with Gasteiger partial charge in [-0.25, -0.2) is 0 Å². The lowest BCUT2D eigenvalue weighted by atomic mass is 9.83. The van der Waals surface area contributed by atoms with E-state index >= 15 is 0 Å². The van der Waals surface area contributed by atoms with E-state index < -0.39 is 0 Å². The molecule has 0 aromatic rings. The van der Waals surface area contributed by atoms with Crippen LogP contribution in [0.5, 0.6) is 0 Å². The van der Waals surface area contributed by atoms with Crippen molar-refractivity contribution < 1.29 is 5.11 Å². The Morgan fingerprint density at radius 1 is 1.60 bits per heavy atom. The van der Waals surface area contributed by atoms with E-state index in [0.717, 1.165) is 6.54 Å². The monoisotopic (exact) mass is 143 g/mol. The van der Waals surface area contributed by atoms with Crippen LogP contribution in [0.2, 0.25) is 0 Å². The largest absolute Gasteiger partial charge is 0.396 e. The normalized spacial score (nSPS) is 36.3. The summed E-state index contributed by atoms with van der Waals surface area (Å²) in [6.07, 6.45) is 2.40. The topological polar surface area (TPSA) is 23.5 Å². The molecule has 0 saturated carbocycles. The van der Waals surface area contributed by atoms with Crippen molar-refractivity contribution in [1.82, 2.24) is 4.90 Å². The molecule has 1 saturated heterocycles. The number of rotatable bonds is 1. The zero-order valence-electron chi connectivity index (χ0n) is 6.93. The van der Waals surface area contributed by atoms with E-state index in [2.05, 4.69) is 18.9 Å². The van der Waals surface area contributed by atoms with Gasteiger partial charge in [-0.1, -0.05) is 6.92 Å². The third-order valence-electron chi connectivity index (χ3n) is 2.35. The molecule has 0 spiro atoms. The minimum atomic E-state index is 0.174. The molecular formula is C8H17NO. The zero-order valence-corrected chi connectivity index (χ0v) is 6.93. The molecule has 1 heterocycles. The van der Waals surface area contributed by atoms with Gasteiger partial charge in [-0.05, 0) is 26.4 Å². The summed E-state index contributed by atoms with van der Waals surface area (Å²) in [5.41, 5.74) is 0.174. The molecule has 0 bridgehead atoms. The third-order valence-corrected chi connectivity index (χ3v) is 2.35. The molecule has 0 amide bonds. The molecule has 1 atom stereocenters. The summed E-state index contributed by atoms with van der Waals surface area (Å²) >= 11 is 0. The van der Waals surface area contributed by atoms with Gasteiger partial charge in [-0.3, -0.25) is 0 Å². The molecule has 10 heavy (non-hydrogen) atoms. The Morgan fingerprint density at radius 3 is 2.70 bits per heavy atom. The molecule has 0 aliphatic carbocycles. The lowest BCUT2D eigenvalue weighted by molar-refractivity contribution is 0.0592. The van der Waals surface area contributed by atoms with Crippen LogP contribution in [-0.4, -0.2) is 36.8 Å². The summed E-state index contributed by atoms with van der Waals surface area (Å²) in [5, 5.41) is 9.04. The van der Waals surface area contributed by atoms with Crippen LogP contribution in [-0.2, 0) is 0 Å². The molecule has 0 radical (unpaired) electrons. The van der Waals surface area contributed by atoms with Crippen LogP contribution in [0, 0.1) is 5.41 Å². The lowest BCUT2D eigenvalue weighted by Gasteiger charge is -2.37. The van der Waals surface area contributed by atoms with Crippen LogP contribution in [0.25, 0.3) is 0 Å². The van der Waals surface area contributed by atoms with Crippen molar-refractivity contribution in [1.29, 1.82) is 0 Å². The second-order valence-electron chi connectivity index (χ2n) is 3.81. The zero-order chi connectivity index (χ0) is 7.61. The minimum Gasteiger partial charge on any atom is -0.396 e. The van der Waals surface area contributed by atoms with Crippen molar-refractivity contribution in [2.24, 2.45) is 5.41 Å². The van der Waals surface area contributed by atoms with E-state index in [4.69, 9.17) is 5.11 Å². The summed E-state index contributed by atoms with van der Waals surface area (Å²) in [5.74, 6) is 0. The Balaban J connectivity index is 2.45. The Morgan fingerprint density at radius 2 is 2.30 bits per heavy atom. The Kier molecular flexibility index (Phi) is 2.32. The molecule has 0 unspecified atom stereocenters. The molecule has 1 fully saturated rings. The Bertz CT molecular complexity index is 116. The number of nitrogens with zero attached hydrogens (tertiary/aromatic N) is 1. The van der Waals surface area contributed by atoms with E-state index in [0.29, 0.717) is 6.61 Å². The minimum absolute atomic E-state index is 0.174. The van der Waals surface area contributed by atoms with Gasteiger partial charge in [0.15, 0.2) is 0 Å². The first-order valence-corrected chi connectivity index (χ1v) is 3.96. The molecule has 1 N–H and O–H groups in total. The average Bonchev–Trinajstić information content (AvgIpc) is 1.88. The summed E-state index contributed by atoms with van der Waals surface area (Å²) in [7, 11) is 2.12. The Labute approximate surface area is 62.8 Å². The summed E-state index contributed by atoms with van der Waals surface area (Å²) in [4.78, 5) is 2.29. The number of aliphatic hydroxyl groups is 1. The second kappa shape index (κ2) is 2.89. The van der Waals surface area contributed by atoms with Crippen molar-refractivity contribution in [3.63, 3.8) is 0 Å². The van der Waals surface area contributed by atoms with E-state index in [1.807, 2.05) is 0 Å². The first-order valence-electron chi connectivity index (χ1n) is 3.96. The number of hydrogen-bond acceptors (Lipinski definition) is 2. The summed E-state index contributed by atoms with van der Waals surface area (Å²) < 4.78 is 0. The van der Waals surface area contributed by atoms with Crippen LogP contribution < -0.4 is 0 Å². The number of aliphatic hydroxyl groups excluding tert-OH is 1. The third kappa shape index (κ3) is 1.70. The van der Waals surface area contributed by atoms with Gasteiger partial charge in [-0.2, -0.15) is 0 Å². The van der Waals surface area contributed by atoms with Crippen LogP contribution in [0.1, 0.15) is 19.8 Å². The maximum atomic E-state index is 9.04. The van der Waals surface area contributed by atoms with Crippen molar-refractivity contribution >= 4 is 0 Å². The highest BCUT2D eigenvalue weighted by Crippen LogP contribution is 2.27. The maximum absolute atomic E-state index is 9.04. The molecule has 1 aliphatic heterocycles. The first-order chi connectivity index (χ1) is 4.66. The fraction of sp³-hybridized carbons (Fsp3) is 1.00. The Hall–Kier alpha value is -0.0800. The van der Waals surface area contributed by atoms with Crippen molar-refractivity contribution in [2.45, 2.75) is 19.8 Å². The van der Waals surface area contributed by atoms with Crippen molar-refractivity contribution in [3.8, 4) is 0 Å². The molecule has 2 nitrogen and oxygen atoms in total. The number of piperidine rings is 1. The maximum Gasteiger partial charge on any atom is 0.0497 e. The fourth-order valence-corrected chi connectivity index (χ4v) is 1.71. The van der Waals surface area contributed by atoms with Crippen LogP contribution in [0.3, 0.4) is 0 Å². The summed E-state index contributed by atoms with van der Waals surface area (Å²) in [6, 6.07) is 0. The van der Waals surface area contributed by atoms with E-state index in [1.165, 1.54) is 19.4 Å². The van der Waals surface area contributed by atoms with Crippen LogP contribution in [0.15, 0.2) is 0 Å². The van der Waals surface area contributed by atoms with Crippen molar-refractivity contribution in [2.75, 3.05) is 26.7 Å². The highest BCUT2D eigenvalue weighted by atomic mass is 16.3. The average molecular weight is 143 g/mol. The lowest BCUT2D eigenvalue weighted by Crippen LogP contribution is -2.41. The van der Waals surface area contributed by atoms with Gasteiger partial charge in [0.1, 0.15) is 0 Å². The van der Waals surface area contributed by atoms with E-state index in [1.54, 1.807) is 0 Å². The predicted octanol–water partition coefficient (Wildman–Crippen LogP) is 0.711. The molecule has 0 aromatic heterocycles. The summed E-state index contributed by atoms with van der Waals surface area (Å²) in [6.45, 7) is 4.72. The van der Waals surface area contributed by atoms with Gasteiger partial charge < -0.3 is 10.0 Å². The molecule has 1 rings (SSSR count). The highest BCUT2D eigenvalue weighted by Gasteiger charge is 2.28. The van der Waals surface area contributed by atoms with Crippen LogP contribution >= 0.6 is 0 Å². The van der Waals surface area contributed by atoms with Crippen LogP contribution in [0.4, 0.5) is 0 Å². The number of hydrogen-bond donors (Lipinski definition) is 1. The predicted molar refractivity (Wildman–Crippen MR) is 41.9 cm³/mol. The first kappa shape index (κ1) is 8.02. The quantitative estimate of drug-likeness (QED) is 0.584. The molecule has 2 heteroatoms. The molecule has 60 valence electrons. The SMILES string of the molecule is CN1CCC[C@@](C)(CO)C1. The smallest absolute Gasteiger partial charge is 0.0497 e. The van der Waals surface area contributed by atoms with Gasteiger partial charge in [0.25, 0.3) is 0 Å². The van der Waals surface area contributed by atoms with Gasteiger partial charge in [0.05, 0.1) is 0 Å². The number of likely N-dealkylation sites (tertiary alicyclic amines) is 1. The van der Waals surface area contributed by atoms with E-state index in [-0.39, 0.29) is 5.41 Å². The second-order valence-corrected chi connectivity index (χ2v) is 3.81. The van der Waals surface area contributed by atoms with Crippen molar-refractivity contribution in [3.05, 3.63) is 0 Å². The van der Waals surface area contributed by atoms with Gasteiger partial charge in [-0.15, -0.1) is 0 Å². The van der Waals surface area contributed by atoms with E-state index in [9.17, 15) is 0 Å². The molecular weight excluding hydrogens is 126 g/mol. The fourth-order valence-electron chi connectivity index (χ4n) is 1.71. The molecule has 0 aromatic carbocycles. The van der Waals surface area contributed by atoms with Gasteiger partial charge in [0.2, 0.25) is 0 Å². The van der Waals surface area contributed by atoms with Gasteiger partial charge >= 0.3 is 0 Å². The standard InChI is InChI=1S/C8H17NO/c1-8(7-10)4-3-5-9(2)6-8/h10H,3-7H2,1-2H3/t8-/m1/s1. The highest BCUT2D eigenvalue weighted by molar-refractivity contribution is 4.81. The molecule has 1 aliphatic rings.